The summed E-state index contributed by atoms with van der Waals surface area (Å²) in [7, 11) is 4.12. The molecule has 0 radical (unpaired) electrons. The van der Waals surface area contributed by atoms with E-state index in [4.69, 9.17) is 11.6 Å². The van der Waals surface area contributed by atoms with Crippen molar-refractivity contribution in [3.05, 3.63) is 58.6 Å². The molecule has 106 valence electrons. The fraction of sp³-hybridized carbons (Fsp3) is 0.294. The Morgan fingerprint density at radius 1 is 1.10 bits per heavy atom. The zero-order valence-corrected chi connectivity index (χ0v) is 13.2. The molecule has 0 bridgehead atoms. The van der Waals surface area contributed by atoms with Gasteiger partial charge in [-0.3, -0.25) is 0 Å². The second-order valence-corrected chi connectivity index (χ2v) is 5.69. The number of halogens is 1. The van der Waals surface area contributed by atoms with Crippen LogP contribution >= 0.6 is 11.6 Å². The lowest BCUT2D eigenvalue weighted by molar-refractivity contribution is 0.884. The Balaban J connectivity index is 2.22. The van der Waals surface area contributed by atoms with Gasteiger partial charge in [-0.15, -0.1) is 0 Å². The molecule has 1 atom stereocenters. The van der Waals surface area contributed by atoms with Crippen LogP contribution in [-0.4, -0.2) is 14.1 Å². The number of nitrogens with zero attached hydrogens (tertiary/aromatic N) is 1. The van der Waals surface area contributed by atoms with Crippen molar-refractivity contribution in [1.29, 1.82) is 0 Å². The standard InChI is InChI=1S/C17H21ClN2/c1-12-9-10-14(11-17(12)20(3)4)19-13(2)15-7-5-6-8-16(15)18/h5-11,13,19H,1-4H3. The Bertz CT molecular complexity index is 593. The van der Waals surface area contributed by atoms with Crippen LogP contribution in [0.4, 0.5) is 11.4 Å². The highest BCUT2D eigenvalue weighted by atomic mass is 35.5. The number of nitrogens with one attached hydrogen (secondary N) is 1. The van der Waals surface area contributed by atoms with Crippen LogP contribution in [0.3, 0.4) is 0 Å². The summed E-state index contributed by atoms with van der Waals surface area (Å²) < 4.78 is 0. The van der Waals surface area contributed by atoms with Gasteiger partial charge in [-0.25, -0.2) is 0 Å². The summed E-state index contributed by atoms with van der Waals surface area (Å²) in [6, 6.07) is 14.5. The molecule has 0 saturated heterocycles. The minimum absolute atomic E-state index is 0.168. The van der Waals surface area contributed by atoms with Gasteiger partial charge in [0.1, 0.15) is 0 Å². The van der Waals surface area contributed by atoms with Gasteiger partial charge in [0.25, 0.3) is 0 Å². The molecule has 0 aliphatic carbocycles. The molecule has 0 heterocycles. The van der Waals surface area contributed by atoms with Crippen LogP contribution in [0, 0.1) is 6.92 Å². The Labute approximate surface area is 126 Å². The number of anilines is 2. The van der Waals surface area contributed by atoms with Gasteiger partial charge in [-0.1, -0.05) is 35.9 Å². The smallest absolute Gasteiger partial charge is 0.0500 e. The molecule has 3 heteroatoms. The zero-order valence-electron chi connectivity index (χ0n) is 12.4. The Kier molecular flexibility index (Phi) is 4.56. The van der Waals surface area contributed by atoms with E-state index in [0.717, 1.165) is 16.3 Å². The molecule has 0 fully saturated rings. The molecule has 2 nitrogen and oxygen atoms in total. The molecule has 0 saturated carbocycles. The van der Waals surface area contributed by atoms with Gasteiger partial charge in [-0.05, 0) is 43.2 Å². The van der Waals surface area contributed by atoms with Crippen molar-refractivity contribution in [2.24, 2.45) is 0 Å². The number of hydrogen-bond acceptors (Lipinski definition) is 2. The lowest BCUT2D eigenvalue weighted by Crippen LogP contribution is -2.12. The Morgan fingerprint density at radius 3 is 2.45 bits per heavy atom. The third-order valence-electron chi connectivity index (χ3n) is 3.45. The molecule has 0 aliphatic rings. The molecule has 2 aromatic rings. The Morgan fingerprint density at radius 2 is 1.80 bits per heavy atom. The SMILES string of the molecule is Cc1ccc(NC(C)c2ccccc2Cl)cc1N(C)C. The van der Waals surface area contributed by atoms with Gasteiger partial charge in [-0.2, -0.15) is 0 Å². The minimum atomic E-state index is 0.168. The number of benzene rings is 2. The highest BCUT2D eigenvalue weighted by Gasteiger charge is 2.10. The van der Waals surface area contributed by atoms with Crippen molar-refractivity contribution in [3.8, 4) is 0 Å². The largest absolute Gasteiger partial charge is 0.378 e. The van der Waals surface area contributed by atoms with Gasteiger partial charge < -0.3 is 10.2 Å². The fourth-order valence-electron chi connectivity index (χ4n) is 2.34. The van der Waals surface area contributed by atoms with E-state index < -0.39 is 0 Å². The third kappa shape index (κ3) is 3.26. The van der Waals surface area contributed by atoms with E-state index in [0.29, 0.717) is 0 Å². The maximum Gasteiger partial charge on any atom is 0.0500 e. The van der Waals surface area contributed by atoms with Crippen molar-refractivity contribution >= 4 is 23.0 Å². The third-order valence-corrected chi connectivity index (χ3v) is 3.79. The quantitative estimate of drug-likeness (QED) is 0.862. The maximum atomic E-state index is 6.24. The predicted molar refractivity (Wildman–Crippen MR) is 89.0 cm³/mol. The van der Waals surface area contributed by atoms with E-state index >= 15 is 0 Å². The van der Waals surface area contributed by atoms with Gasteiger partial charge in [0, 0.05) is 36.5 Å². The first-order chi connectivity index (χ1) is 9.49. The summed E-state index contributed by atoms with van der Waals surface area (Å²) in [4.78, 5) is 2.13. The summed E-state index contributed by atoms with van der Waals surface area (Å²) in [5, 5.41) is 4.31. The number of rotatable bonds is 4. The van der Waals surface area contributed by atoms with Gasteiger partial charge in [0.15, 0.2) is 0 Å². The van der Waals surface area contributed by atoms with E-state index in [2.05, 4.69) is 62.4 Å². The number of aryl methyl sites for hydroxylation is 1. The molecular weight excluding hydrogens is 268 g/mol. The molecule has 1 N–H and O–H groups in total. The molecule has 2 aromatic carbocycles. The van der Waals surface area contributed by atoms with E-state index in [1.165, 1.54) is 11.3 Å². The summed E-state index contributed by atoms with van der Waals surface area (Å²) >= 11 is 6.24. The van der Waals surface area contributed by atoms with Crippen molar-refractivity contribution in [1.82, 2.24) is 0 Å². The normalized spacial score (nSPS) is 12.1. The molecule has 0 spiro atoms. The van der Waals surface area contributed by atoms with E-state index in [1.54, 1.807) is 0 Å². The molecular formula is C17H21ClN2. The zero-order chi connectivity index (χ0) is 14.7. The fourth-order valence-corrected chi connectivity index (χ4v) is 2.63. The first-order valence-corrected chi connectivity index (χ1v) is 7.16. The predicted octanol–water partition coefficient (Wildman–Crippen LogP) is 4.89. The second-order valence-electron chi connectivity index (χ2n) is 5.28. The molecule has 20 heavy (non-hydrogen) atoms. The van der Waals surface area contributed by atoms with Crippen LogP contribution in [0.15, 0.2) is 42.5 Å². The average Bonchev–Trinajstić information content (AvgIpc) is 2.41. The minimum Gasteiger partial charge on any atom is -0.378 e. The van der Waals surface area contributed by atoms with Gasteiger partial charge >= 0.3 is 0 Å². The summed E-state index contributed by atoms with van der Waals surface area (Å²) in [6.07, 6.45) is 0. The second kappa shape index (κ2) is 6.19. The lowest BCUT2D eigenvalue weighted by Gasteiger charge is -2.20. The monoisotopic (exact) mass is 288 g/mol. The van der Waals surface area contributed by atoms with Crippen molar-refractivity contribution in [2.45, 2.75) is 19.9 Å². The van der Waals surface area contributed by atoms with Crippen molar-refractivity contribution < 1.29 is 0 Å². The first-order valence-electron chi connectivity index (χ1n) is 6.78. The van der Waals surface area contributed by atoms with E-state index in [-0.39, 0.29) is 6.04 Å². The van der Waals surface area contributed by atoms with Crippen LogP contribution in [0.1, 0.15) is 24.1 Å². The summed E-state index contributed by atoms with van der Waals surface area (Å²) in [6.45, 7) is 4.24. The van der Waals surface area contributed by atoms with Crippen molar-refractivity contribution in [3.63, 3.8) is 0 Å². The van der Waals surface area contributed by atoms with Crippen LogP contribution in [0.5, 0.6) is 0 Å². The summed E-state index contributed by atoms with van der Waals surface area (Å²) in [5.74, 6) is 0. The first kappa shape index (κ1) is 14.7. The lowest BCUT2D eigenvalue weighted by atomic mass is 10.1. The van der Waals surface area contributed by atoms with Crippen LogP contribution in [-0.2, 0) is 0 Å². The Hall–Kier alpha value is -1.67. The molecule has 0 amide bonds. The highest BCUT2D eigenvalue weighted by molar-refractivity contribution is 6.31. The highest BCUT2D eigenvalue weighted by Crippen LogP contribution is 2.28. The molecule has 1 unspecified atom stereocenters. The summed E-state index contributed by atoms with van der Waals surface area (Å²) in [5.41, 5.74) is 4.71. The van der Waals surface area contributed by atoms with Crippen LogP contribution in [0.25, 0.3) is 0 Å². The van der Waals surface area contributed by atoms with Gasteiger partial charge in [0.05, 0.1) is 0 Å². The van der Waals surface area contributed by atoms with Crippen molar-refractivity contribution in [2.75, 3.05) is 24.3 Å². The van der Waals surface area contributed by atoms with Gasteiger partial charge in [0.2, 0.25) is 0 Å². The average molecular weight is 289 g/mol. The molecule has 0 aromatic heterocycles. The van der Waals surface area contributed by atoms with E-state index in [1.807, 2.05) is 18.2 Å². The maximum absolute atomic E-state index is 6.24. The topological polar surface area (TPSA) is 15.3 Å². The van der Waals surface area contributed by atoms with Crippen LogP contribution in [0.2, 0.25) is 5.02 Å². The number of hydrogen-bond donors (Lipinski definition) is 1. The molecule has 2 rings (SSSR count). The molecule has 0 aliphatic heterocycles. The van der Waals surface area contributed by atoms with Crippen LogP contribution < -0.4 is 10.2 Å². The van der Waals surface area contributed by atoms with E-state index in [9.17, 15) is 0 Å².